The van der Waals surface area contributed by atoms with Crippen molar-refractivity contribution in [3.05, 3.63) is 41.2 Å². The van der Waals surface area contributed by atoms with Crippen LogP contribution < -0.4 is 4.74 Å². The van der Waals surface area contributed by atoms with Crippen molar-refractivity contribution in [3.63, 3.8) is 0 Å². The minimum absolute atomic E-state index is 0.127. The van der Waals surface area contributed by atoms with E-state index in [0.29, 0.717) is 6.54 Å². The van der Waals surface area contributed by atoms with E-state index in [0.717, 1.165) is 17.0 Å². The number of alkyl halides is 1. The van der Waals surface area contributed by atoms with Crippen molar-refractivity contribution in [2.75, 3.05) is 7.11 Å². The third-order valence-corrected chi connectivity index (χ3v) is 2.96. The zero-order chi connectivity index (χ0) is 13.1. The Morgan fingerprint density at radius 2 is 2.22 bits per heavy atom. The van der Waals surface area contributed by atoms with E-state index in [9.17, 15) is 0 Å². The molecule has 5 heteroatoms. The van der Waals surface area contributed by atoms with Gasteiger partial charge in [-0.1, -0.05) is 22.9 Å². The van der Waals surface area contributed by atoms with Crippen LogP contribution in [0.2, 0.25) is 0 Å². The first-order chi connectivity index (χ1) is 8.60. The average Bonchev–Trinajstić information content (AvgIpc) is 2.78. The lowest BCUT2D eigenvalue weighted by Crippen LogP contribution is -2.03. The Bertz CT molecular complexity index is 537. The van der Waals surface area contributed by atoms with Crippen LogP contribution in [0.4, 0.5) is 0 Å². The van der Waals surface area contributed by atoms with Crippen molar-refractivity contribution in [2.24, 2.45) is 0 Å². The topological polar surface area (TPSA) is 39.9 Å². The van der Waals surface area contributed by atoms with Crippen LogP contribution >= 0.6 is 11.6 Å². The number of nitrogens with zero attached hydrogens (tertiary/aromatic N) is 3. The fourth-order valence-corrected chi connectivity index (χ4v) is 1.88. The Balaban J connectivity index is 2.24. The Kier molecular flexibility index (Phi) is 3.87. The van der Waals surface area contributed by atoms with Crippen LogP contribution in [0.25, 0.3) is 0 Å². The van der Waals surface area contributed by atoms with Gasteiger partial charge in [-0.05, 0) is 19.9 Å². The van der Waals surface area contributed by atoms with Gasteiger partial charge in [0.05, 0.1) is 25.2 Å². The molecule has 0 spiro atoms. The van der Waals surface area contributed by atoms with Crippen molar-refractivity contribution < 1.29 is 4.74 Å². The third-order valence-electron chi connectivity index (χ3n) is 2.73. The van der Waals surface area contributed by atoms with Crippen LogP contribution in [0, 0.1) is 6.92 Å². The second kappa shape index (κ2) is 5.40. The number of aryl methyl sites for hydroxylation is 1. The molecule has 96 valence electrons. The molecule has 1 unspecified atom stereocenters. The summed E-state index contributed by atoms with van der Waals surface area (Å²) in [6.45, 7) is 4.56. The predicted octanol–water partition coefficient (Wildman–Crippen LogP) is 2.94. The van der Waals surface area contributed by atoms with Gasteiger partial charge in [0.15, 0.2) is 0 Å². The van der Waals surface area contributed by atoms with Gasteiger partial charge in [0, 0.05) is 5.56 Å². The van der Waals surface area contributed by atoms with Gasteiger partial charge in [0.1, 0.15) is 11.4 Å². The van der Waals surface area contributed by atoms with Gasteiger partial charge in [-0.15, -0.1) is 16.7 Å². The van der Waals surface area contributed by atoms with E-state index in [-0.39, 0.29) is 5.38 Å². The number of halogens is 1. The molecule has 0 bridgehead atoms. The van der Waals surface area contributed by atoms with Crippen LogP contribution in [-0.4, -0.2) is 22.1 Å². The zero-order valence-electron chi connectivity index (χ0n) is 10.7. The first kappa shape index (κ1) is 12.9. The minimum Gasteiger partial charge on any atom is -0.496 e. The first-order valence-electron chi connectivity index (χ1n) is 5.77. The third kappa shape index (κ3) is 2.82. The van der Waals surface area contributed by atoms with Gasteiger partial charge in [0.25, 0.3) is 0 Å². The van der Waals surface area contributed by atoms with Gasteiger partial charge in [-0.25, -0.2) is 4.68 Å². The maximum atomic E-state index is 5.96. The molecule has 1 heterocycles. The molecule has 0 saturated heterocycles. The summed E-state index contributed by atoms with van der Waals surface area (Å²) in [6.07, 6.45) is 1.86. The molecule has 0 radical (unpaired) electrons. The van der Waals surface area contributed by atoms with Crippen LogP contribution in [0.3, 0.4) is 0 Å². The molecule has 4 nitrogen and oxygen atoms in total. The molecule has 0 amide bonds. The first-order valence-corrected chi connectivity index (χ1v) is 6.21. The van der Waals surface area contributed by atoms with E-state index >= 15 is 0 Å². The highest BCUT2D eigenvalue weighted by Gasteiger charge is 2.09. The van der Waals surface area contributed by atoms with Crippen molar-refractivity contribution in [1.29, 1.82) is 0 Å². The van der Waals surface area contributed by atoms with E-state index in [1.807, 2.05) is 25.3 Å². The SMILES string of the molecule is COc1ccc(C)cc1Cn1cc(C(C)Cl)nn1. The van der Waals surface area contributed by atoms with Gasteiger partial charge in [0.2, 0.25) is 0 Å². The van der Waals surface area contributed by atoms with Crippen LogP contribution in [0.1, 0.15) is 29.1 Å². The van der Waals surface area contributed by atoms with Crippen LogP contribution in [-0.2, 0) is 6.54 Å². The zero-order valence-corrected chi connectivity index (χ0v) is 11.5. The van der Waals surface area contributed by atoms with Crippen molar-refractivity contribution >= 4 is 11.6 Å². The molecule has 0 aliphatic carbocycles. The number of benzene rings is 1. The largest absolute Gasteiger partial charge is 0.496 e. The molecule has 2 rings (SSSR count). The predicted molar refractivity (Wildman–Crippen MR) is 71.1 cm³/mol. The fraction of sp³-hybridized carbons (Fsp3) is 0.385. The number of methoxy groups -OCH3 is 1. The summed E-state index contributed by atoms with van der Waals surface area (Å²) in [4.78, 5) is 0. The average molecular weight is 266 g/mol. The second-order valence-electron chi connectivity index (χ2n) is 4.27. The molecule has 2 aromatic rings. The number of hydrogen-bond donors (Lipinski definition) is 0. The summed E-state index contributed by atoms with van der Waals surface area (Å²) in [6, 6.07) is 6.08. The lowest BCUT2D eigenvalue weighted by atomic mass is 10.1. The smallest absolute Gasteiger partial charge is 0.123 e. The number of hydrogen-bond acceptors (Lipinski definition) is 3. The molecule has 0 aliphatic heterocycles. The number of rotatable bonds is 4. The van der Waals surface area contributed by atoms with Crippen LogP contribution in [0.5, 0.6) is 5.75 Å². The van der Waals surface area contributed by atoms with E-state index < -0.39 is 0 Å². The second-order valence-corrected chi connectivity index (χ2v) is 4.93. The molecule has 0 N–H and O–H groups in total. The summed E-state index contributed by atoms with van der Waals surface area (Å²) >= 11 is 5.96. The highest BCUT2D eigenvalue weighted by atomic mass is 35.5. The minimum atomic E-state index is -0.127. The number of aromatic nitrogens is 3. The normalized spacial score (nSPS) is 12.4. The Morgan fingerprint density at radius 3 is 2.83 bits per heavy atom. The van der Waals surface area contributed by atoms with Gasteiger partial charge >= 0.3 is 0 Å². The Morgan fingerprint density at radius 1 is 1.44 bits per heavy atom. The maximum Gasteiger partial charge on any atom is 0.123 e. The van der Waals surface area contributed by atoms with E-state index in [4.69, 9.17) is 16.3 Å². The summed E-state index contributed by atoms with van der Waals surface area (Å²) in [5.74, 6) is 0.858. The molecule has 0 fully saturated rings. The lowest BCUT2D eigenvalue weighted by Gasteiger charge is -2.09. The molecule has 0 saturated carbocycles. The molecule has 1 aromatic carbocycles. The highest BCUT2D eigenvalue weighted by Crippen LogP contribution is 2.21. The van der Waals surface area contributed by atoms with E-state index in [2.05, 4.69) is 23.3 Å². The lowest BCUT2D eigenvalue weighted by molar-refractivity contribution is 0.407. The molecular formula is C13H16ClN3O. The molecule has 1 atom stereocenters. The molecule has 1 aromatic heterocycles. The summed E-state index contributed by atoms with van der Waals surface area (Å²) in [7, 11) is 1.67. The Hall–Kier alpha value is -1.55. The van der Waals surface area contributed by atoms with Crippen molar-refractivity contribution in [1.82, 2.24) is 15.0 Å². The number of ether oxygens (including phenoxy) is 1. The van der Waals surface area contributed by atoms with Crippen molar-refractivity contribution in [3.8, 4) is 5.75 Å². The standard InChI is InChI=1S/C13H16ClN3O/c1-9-4-5-13(18-3)11(6-9)7-17-8-12(10(2)14)15-16-17/h4-6,8,10H,7H2,1-3H3. The Labute approximate surface area is 112 Å². The highest BCUT2D eigenvalue weighted by molar-refractivity contribution is 6.20. The van der Waals surface area contributed by atoms with Gasteiger partial charge < -0.3 is 4.74 Å². The fourth-order valence-electron chi connectivity index (χ4n) is 1.78. The molecule has 0 aliphatic rings. The van der Waals surface area contributed by atoms with E-state index in [1.54, 1.807) is 11.8 Å². The van der Waals surface area contributed by atoms with Crippen LogP contribution in [0.15, 0.2) is 24.4 Å². The monoisotopic (exact) mass is 265 g/mol. The quantitative estimate of drug-likeness (QED) is 0.798. The molecular weight excluding hydrogens is 250 g/mol. The molecule has 18 heavy (non-hydrogen) atoms. The van der Waals surface area contributed by atoms with Crippen molar-refractivity contribution in [2.45, 2.75) is 25.8 Å². The van der Waals surface area contributed by atoms with Gasteiger partial charge in [-0.2, -0.15) is 0 Å². The maximum absolute atomic E-state index is 5.96. The summed E-state index contributed by atoms with van der Waals surface area (Å²) in [5, 5.41) is 7.97. The van der Waals surface area contributed by atoms with E-state index in [1.165, 1.54) is 5.56 Å². The van der Waals surface area contributed by atoms with Gasteiger partial charge in [-0.3, -0.25) is 0 Å². The summed E-state index contributed by atoms with van der Waals surface area (Å²) < 4.78 is 7.11. The summed E-state index contributed by atoms with van der Waals surface area (Å²) in [5.41, 5.74) is 3.05.